The molecule has 1 N–H and O–H groups in total. The Morgan fingerprint density at radius 1 is 1.21 bits per heavy atom. The molecule has 0 aliphatic heterocycles. The lowest BCUT2D eigenvalue weighted by atomic mass is 10.1. The van der Waals surface area contributed by atoms with Crippen molar-refractivity contribution in [1.29, 1.82) is 5.26 Å². The molecule has 0 amide bonds. The number of nitrogens with one attached hydrogen (secondary N) is 1. The Bertz CT molecular complexity index is 603. The van der Waals surface area contributed by atoms with Crippen molar-refractivity contribution < 1.29 is 4.39 Å². The second-order valence-electron chi connectivity index (χ2n) is 4.01. The van der Waals surface area contributed by atoms with Gasteiger partial charge in [-0.05, 0) is 48.2 Å². The molecule has 0 spiro atoms. The highest BCUT2D eigenvalue weighted by molar-refractivity contribution is 7.98. The lowest BCUT2D eigenvalue weighted by Crippen LogP contribution is -2.00. The molecule has 0 bridgehead atoms. The Kier molecular flexibility index (Phi) is 4.43. The number of thioether (sulfide) groups is 1. The zero-order chi connectivity index (χ0) is 13.7. The largest absolute Gasteiger partial charge is 0.381 e. The van der Waals surface area contributed by atoms with Gasteiger partial charge in [-0.15, -0.1) is 11.8 Å². The molecule has 0 unspecified atom stereocenters. The van der Waals surface area contributed by atoms with E-state index in [0.29, 0.717) is 6.54 Å². The molecule has 0 saturated heterocycles. The van der Waals surface area contributed by atoms with Crippen LogP contribution in [0.2, 0.25) is 0 Å². The van der Waals surface area contributed by atoms with Crippen molar-refractivity contribution in [2.24, 2.45) is 0 Å². The average molecular weight is 272 g/mol. The van der Waals surface area contributed by atoms with Crippen molar-refractivity contribution >= 4 is 17.4 Å². The molecule has 0 aliphatic rings. The maximum atomic E-state index is 13.2. The second-order valence-corrected chi connectivity index (χ2v) is 4.89. The number of anilines is 1. The molecule has 2 rings (SSSR count). The minimum absolute atomic E-state index is 0.0806. The fourth-order valence-electron chi connectivity index (χ4n) is 1.68. The summed E-state index contributed by atoms with van der Waals surface area (Å²) in [6, 6.07) is 14.5. The molecule has 19 heavy (non-hydrogen) atoms. The number of benzene rings is 2. The number of halogens is 1. The van der Waals surface area contributed by atoms with Crippen LogP contribution >= 0.6 is 11.8 Å². The molecule has 96 valence electrons. The van der Waals surface area contributed by atoms with Gasteiger partial charge >= 0.3 is 0 Å². The smallest absolute Gasteiger partial charge is 0.140 e. The molecular weight excluding hydrogens is 259 g/mol. The average Bonchev–Trinajstić information content (AvgIpc) is 2.47. The number of hydrogen-bond donors (Lipinski definition) is 1. The van der Waals surface area contributed by atoms with Gasteiger partial charge in [-0.3, -0.25) is 0 Å². The minimum Gasteiger partial charge on any atom is -0.381 e. The minimum atomic E-state index is -0.476. The van der Waals surface area contributed by atoms with Crippen molar-refractivity contribution in [2.45, 2.75) is 11.4 Å². The van der Waals surface area contributed by atoms with Gasteiger partial charge in [-0.25, -0.2) is 4.39 Å². The summed E-state index contributed by atoms with van der Waals surface area (Å²) in [4.78, 5) is 1.21. The molecule has 2 nitrogen and oxygen atoms in total. The van der Waals surface area contributed by atoms with E-state index < -0.39 is 5.82 Å². The lowest BCUT2D eigenvalue weighted by molar-refractivity contribution is 0.623. The number of nitrogens with zero attached hydrogens (tertiary/aromatic N) is 1. The van der Waals surface area contributed by atoms with E-state index >= 15 is 0 Å². The predicted molar refractivity (Wildman–Crippen MR) is 76.7 cm³/mol. The van der Waals surface area contributed by atoms with E-state index in [1.165, 1.54) is 11.0 Å². The van der Waals surface area contributed by atoms with Crippen LogP contribution < -0.4 is 5.32 Å². The van der Waals surface area contributed by atoms with Crippen molar-refractivity contribution in [3.05, 3.63) is 59.4 Å². The number of nitriles is 1. The van der Waals surface area contributed by atoms with Crippen LogP contribution in [0.1, 0.15) is 11.1 Å². The van der Waals surface area contributed by atoms with Gasteiger partial charge in [0.1, 0.15) is 11.9 Å². The first-order valence-corrected chi connectivity index (χ1v) is 7.02. The Morgan fingerprint density at radius 3 is 2.58 bits per heavy atom. The van der Waals surface area contributed by atoms with Gasteiger partial charge in [0.05, 0.1) is 5.56 Å². The first-order chi connectivity index (χ1) is 9.22. The standard InChI is InChI=1S/C15H13FN2S/c1-19-14-5-3-13(4-6-14)18-10-11-2-7-15(16)12(8-11)9-17/h2-8,18H,10H2,1H3. The third-order valence-corrected chi connectivity index (χ3v) is 3.48. The van der Waals surface area contributed by atoms with Crippen LogP contribution in [-0.4, -0.2) is 6.26 Å². The van der Waals surface area contributed by atoms with Crippen molar-refractivity contribution in [1.82, 2.24) is 0 Å². The number of hydrogen-bond acceptors (Lipinski definition) is 3. The fraction of sp³-hybridized carbons (Fsp3) is 0.133. The van der Waals surface area contributed by atoms with E-state index in [1.807, 2.05) is 36.6 Å². The maximum Gasteiger partial charge on any atom is 0.140 e. The van der Waals surface area contributed by atoms with E-state index in [0.717, 1.165) is 11.3 Å². The Morgan fingerprint density at radius 2 is 1.95 bits per heavy atom. The van der Waals surface area contributed by atoms with Crippen LogP contribution in [0.25, 0.3) is 0 Å². The van der Waals surface area contributed by atoms with Crippen LogP contribution in [0.5, 0.6) is 0 Å². The molecule has 0 aromatic heterocycles. The summed E-state index contributed by atoms with van der Waals surface area (Å²) in [5.41, 5.74) is 1.96. The molecule has 0 saturated carbocycles. The zero-order valence-electron chi connectivity index (χ0n) is 10.5. The summed E-state index contributed by atoms with van der Waals surface area (Å²) < 4.78 is 13.2. The molecule has 0 radical (unpaired) electrons. The van der Waals surface area contributed by atoms with Crippen LogP contribution in [0.3, 0.4) is 0 Å². The highest BCUT2D eigenvalue weighted by Gasteiger charge is 2.02. The second kappa shape index (κ2) is 6.26. The first-order valence-electron chi connectivity index (χ1n) is 5.79. The molecule has 0 heterocycles. The maximum absolute atomic E-state index is 13.2. The topological polar surface area (TPSA) is 35.8 Å². The highest BCUT2D eigenvalue weighted by atomic mass is 32.2. The van der Waals surface area contributed by atoms with Gasteiger partial charge in [0.15, 0.2) is 0 Å². The zero-order valence-corrected chi connectivity index (χ0v) is 11.3. The van der Waals surface area contributed by atoms with Crippen LogP contribution in [-0.2, 0) is 6.54 Å². The van der Waals surface area contributed by atoms with E-state index in [9.17, 15) is 4.39 Å². The van der Waals surface area contributed by atoms with Crippen molar-refractivity contribution in [3.63, 3.8) is 0 Å². The summed E-state index contributed by atoms with van der Waals surface area (Å²) in [7, 11) is 0. The molecule has 0 fully saturated rings. The normalized spacial score (nSPS) is 9.95. The van der Waals surface area contributed by atoms with Crippen molar-refractivity contribution in [2.75, 3.05) is 11.6 Å². The number of rotatable bonds is 4. The van der Waals surface area contributed by atoms with Crippen molar-refractivity contribution in [3.8, 4) is 6.07 Å². The van der Waals surface area contributed by atoms with Crippen LogP contribution in [0.4, 0.5) is 10.1 Å². The van der Waals surface area contributed by atoms with Gasteiger partial charge in [-0.2, -0.15) is 5.26 Å². The van der Waals surface area contributed by atoms with E-state index in [-0.39, 0.29) is 5.56 Å². The van der Waals surface area contributed by atoms with Gasteiger partial charge in [0.2, 0.25) is 0 Å². The summed E-state index contributed by atoms with van der Waals surface area (Å²) in [5, 5.41) is 12.0. The van der Waals surface area contributed by atoms with E-state index in [2.05, 4.69) is 5.32 Å². The van der Waals surface area contributed by atoms with Gasteiger partial charge in [0.25, 0.3) is 0 Å². The van der Waals surface area contributed by atoms with Gasteiger partial charge < -0.3 is 5.32 Å². The van der Waals surface area contributed by atoms with E-state index in [4.69, 9.17) is 5.26 Å². The van der Waals surface area contributed by atoms with Gasteiger partial charge in [0, 0.05) is 17.1 Å². The van der Waals surface area contributed by atoms with E-state index in [1.54, 1.807) is 23.9 Å². The Labute approximate surface area is 116 Å². The summed E-state index contributed by atoms with van der Waals surface area (Å²) >= 11 is 1.69. The summed E-state index contributed by atoms with van der Waals surface area (Å²) in [5.74, 6) is -0.476. The highest BCUT2D eigenvalue weighted by Crippen LogP contribution is 2.18. The third kappa shape index (κ3) is 3.49. The van der Waals surface area contributed by atoms with Gasteiger partial charge in [-0.1, -0.05) is 6.07 Å². The predicted octanol–water partition coefficient (Wildman–Crippen LogP) is 4.03. The molecule has 0 aliphatic carbocycles. The summed E-state index contributed by atoms with van der Waals surface area (Å²) in [6.07, 6.45) is 2.03. The Balaban J connectivity index is 2.04. The molecular formula is C15H13FN2S. The third-order valence-electron chi connectivity index (χ3n) is 2.74. The Hall–Kier alpha value is -1.99. The summed E-state index contributed by atoms with van der Waals surface area (Å²) in [6.45, 7) is 0.563. The fourth-order valence-corrected chi connectivity index (χ4v) is 2.09. The van der Waals surface area contributed by atoms with Crippen LogP contribution in [0.15, 0.2) is 47.4 Å². The van der Waals surface area contributed by atoms with Crippen LogP contribution in [0, 0.1) is 17.1 Å². The first kappa shape index (κ1) is 13.4. The molecule has 4 heteroatoms. The lowest BCUT2D eigenvalue weighted by Gasteiger charge is -2.07. The quantitative estimate of drug-likeness (QED) is 0.853. The molecule has 2 aromatic carbocycles. The SMILES string of the molecule is CSc1ccc(NCc2ccc(F)c(C#N)c2)cc1. The molecule has 0 atom stereocenters. The monoisotopic (exact) mass is 272 g/mol. The molecule has 2 aromatic rings.